The number of fused-ring (bicyclic) bond motifs is 2. The van der Waals surface area contributed by atoms with E-state index in [4.69, 9.17) is 9.47 Å². The van der Waals surface area contributed by atoms with Gasteiger partial charge in [-0.3, -0.25) is 4.79 Å². The number of nitrogens with one attached hydrogen (secondary N) is 2. The van der Waals surface area contributed by atoms with E-state index in [2.05, 4.69) is 10.3 Å². The van der Waals surface area contributed by atoms with Gasteiger partial charge in [-0.15, -0.1) is 0 Å². The molecule has 0 fully saturated rings. The van der Waals surface area contributed by atoms with Gasteiger partial charge in [0, 0.05) is 22.7 Å². The molecule has 0 atom stereocenters. The molecule has 4 rings (SSSR count). The highest BCUT2D eigenvalue weighted by Crippen LogP contribution is 2.33. The number of benzene rings is 2. The number of H-pyrrole nitrogens is 1. The SMILES string of the molecule is Cc1ccc2c(C)c(C(=O)Nc3ccc4c(c3)OCCO4)[nH]c2c1. The third-order valence-electron chi connectivity index (χ3n) is 4.24. The Kier molecular flexibility index (Phi) is 3.41. The van der Waals surface area contributed by atoms with Crippen molar-refractivity contribution in [2.45, 2.75) is 13.8 Å². The largest absolute Gasteiger partial charge is 0.486 e. The third kappa shape index (κ3) is 2.48. The molecular weight excluding hydrogens is 304 g/mol. The molecule has 5 nitrogen and oxygen atoms in total. The van der Waals surface area contributed by atoms with E-state index in [1.807, 2.05) is 44.2 Å². The van der Waals surface area contributed by atoms with E-state index in [0.717, 1.165) is 22.0 Å². The first-order valence-corrected chi connectivity index (χ1v) is 7.92. The van der Waals surface area contributed by atoms with E-state index in [1.54, 1.807) is 6.07 Å². The molecule has 2 N–H and O–H groups in total. The summed E-state index contributed by atoms with van der Waals surface area (Å²) in [6.45, 7) is 5.05. The van der Waals surface area contributed by atoms with Crippen LogP contribution in [0.4, 0.5) is 5.69 Å². The van der Waals surface area contributed by atoms with Crippen LogP contribution in [0.15, 0.2) is 36.4 Å². The van der Waals surface area contributed by atoms with Crippen LogP contribution in [0.3, 0.4) is 0 Å². The van der Waals surface area contributed by atoms with Gasteiger partial charge in [0.15, 0.2) is 11.5 Å². The van der Waals surface area contributed by atoms with Crippen molar-refractivity contribution in [2.24, 2.45) is 0 Å². The van der Waals surface area contributed by atoms with Crippen LogP contribution in [0, 0.1) is 13.8 Å². The number of aromatic amines is 1. The van der Waals surface area contributed by atoms with Crippen molar-refractivity contribution in [3.05, 3.63) is 53.2 Å². The van der Waals surface area contributed by atoms with Crippen LogP contribution in [0.25, 0.3) is 10.9 Å². The van der Waals surface area contributed by atoms with Gasteiger partial charge in [-0.2, -0.15) is 0 Å². The molecule has 2 aromatic carbocycles. The molecule has 0 saturated carbocycles. The summed E-state index contributed by atoms with van der Waals surface area (Å²) >= 11 is 0. The summed E-state index contributed by atoms with van der Waals surface area (Å²) in [4.78, 5) is 15.9. The quantitative estimate of drug-likeness (QED) is 0.754. The van der Waals surface area contributed by atoms with Crippen molar-refractivity contribution < 1.29 is 14.3 Å². The van der Waals surface area contributed by atoms with Crippen molar-refractivity contribution in [2.75, 3.05) is 18.5 Å². The number of hydrogen-bond acceptors (Lipinski definition) is 3. The molecule has 1 amide bonds. The van der Waals surface area contributed by atoms with Crippen LogP contribution in [0.1, 0.15) is 21.6 Å². The molecule has 1 aliphatic heterocycles. The highest BCUT2D eigenvalue weighted by Gasteiger charge is 2.17. The van der Waals surface area contributed by atoms with Crippen LogP contribution >= 0.6 is 0 Å². The lowest BCUT2D eigenvalue weighted by molar-refractivity contribution is 0.102. The molecule has 0 bridgehead atoms. The zero-order valence-corrected chi connectivity index (χ0v) is 13.6. The highest BCUT2D eigenvalue weighted by atomic mass is 16.6. The fourth-order valence-electron chi connectivity index (χ4n) is 2.99. The maximum Gasteiger partial charge on any atom is 0.272 e. The third-order valence-corrected chi connectivity index (χ3v) is 4.24. The van der Waals surface area contributed by atoms with Crippen LogP contribution in [0.5, 0.6) is 11.5 Å². The minimum absolute atomic E-state index is 0.168. The van der Waals surface area contributed by atoms with Gasteiger partial charge in [-0.1, -0.05) is 12.1 Å². The normalized spacial score (nSPS) is 13.1. The van der Waals surface area contributed by atoms with Crippen molar-refractivity contribution in [3.8, 4) is 11.5 Å². The molecule has 0 aliphatic carbocycles. The Labute approximate surface area is 139 Å². The lowest BCUT2D eigenvalue weighted by Crippen LogP contribution is -2.17. The van der Waals surface area contributed by atoms with E-state index < -0.39 is 0 Å². The van der Waals surface area contributed by atoms with Crippen LogP contribution in [-0.2, 0) is 0 Å². The first kappa shape index (κ1) is 14.6. The molecule has 5 heteroatoms. The van der Waals surface area contributed by atoms with Crippen molar-refractivity contribution in [3.63, 3.8) is 0 Å². The number of anilines is 1. The summed E-state index contributed by atoms with van der Waals surface area (Å²) in [5.41, 5.74) is 4.33. The molecule has 0 unspecified atom stereocenters. The Morgan fingerprint density at radius 3 is 2.67 bits per heavy atom. The van der Waals surface area contributed by atoms with Gasteiger partial charge in [-0.05, 0) is 43.2 Å². The van der Waals surface area contributed by atoms with Gasteiger partial charge in [0.1, 0.15) is 18.9 Å². The fourth-order valence-corrected chi connectivity index (χ4v) is 2.99. The lowest BCUT2D eigenvalue weighted by atomic mass is 10.1. The molecule has 24 heavy (non-hydrogen) atoms. The highest BCUT2D eigenvalue weighted by molar-refractivity contribution is 6.08. The van der Waals surface area contributed by atoms with Gasteiger partial charge in [0.2, 0.25) is 0 Å². The number of ether oxygens (including phenoxy) is 2. The number of rotatable bonds is 2. The predicted octanol–water partition coefficient (Wildman–Crippen LogP) is 3.81. The monoisotopic (exact) mass is 322 g/mol. The first-order chi connectivity index (χ1) is 11.6. The average Bonchev–Trinajstić information content (AvgIpc) is 2.91. The number of amides is 1. The standard InChI is InChI=1S/C19H18N2O3/c1-11-3-5-14-12(2)18(21-15(14)9-11)19(22)20-13-4-6-16-17(10-13)24-8-7-23-16/h3-6,9-10,21H,7-8H2,1-2H3,(H,20,22). The van der Waals surface area contributed by atoms with Crippen LogP contribution in [-0.4, -0.2) is 24.1 Å². The van der Waals surface area contributed by atoms with Crippen molar-refractivity contribution >= 4 is 22.5 Å². The maximum absolute atomic E-state index is 12.6. The second-order valence-corrected chi connectivity index (χ2v) is 5.99. The predicted molar refractivity (Wildman–Crippen MR) is 93.2 cm³/mol. The molecule has 3 aromatic rings. The smallest absolute Gasteiger partial charge is 0.272 e. The van der Waals surface area contributed by atoms with E-state index >= 15 is 0 Å². The number of carbonyl (C=O) groups is 1. The molecule has 1 aromatic heterocycles. The topological polar surface area (TPSA) is 63.4 Å². The van der Waals surface area contributed by atoms with Crippen LogP contribution in [0.2, 0.25) is 0 Å². The summed E-state index contributed by atoms with van der Waals surface area (Å²) in [5.74, 6) is 1.19. The van der Waals surface area contributed by atoms with Gasteiger partial charge in [-0.25, -0.2) is 0 Å². The fraction of sp³-hybridized carbons (Fsp3) is 0.211. The summed E-state index contributed by atoms with van der Waals surface area (Å²) < 4.78 is 11.0. The van der Waals surface area contributed by atoms with E-state index in [9.17, 15) is 4.79 Å². The summed E-state index contributed by atoms with van der Waals surface area (Å²) in [6, 6.07) is 11.5. The summed E-state index contributed by atoms with van der Waals surface area (Å²) in [6.07, 6.45) is 0. The Balaban J connectivity index is 1.63. The summed E-state index contributed by atoms with van der Waals surface area (Å²) in [7, 11) is 0. The Morgan fingerprint density at radius 2 is 1.83 bits per heavy atom. The average molecular weight is 322 g/mol. The molecular formula is C19H18N2O3. The maximum atomic E-state index is 12.6. The van der Waals surface area contributed by atoms with E-state index in [-0.39, 0.29) is 5.91 Å². The molecule has 1 aliphatic rings. The Bertz CT molecular complexity index is 943. The van der Waals surface area contributed by atoms with Crippen molar-refractivity contribution in [1.29, 1.82) is 0 Å². The first-order valence-electron chi connectivity index (χ1n) is 7.92. The second kappa shape index (κ2) is 5.60. The zero-order chi connectivity index (χ0) is 16.7. The zero-order valence-electron chi connectivity index (χ0n) is 13.6. The number of aromatic nitrogens is 1. The molecule has 0 radical (unpaired) electrons. The van der Waals surface area contributed by atoms with Gasteiger partial charge in [0.25, 0.3) is 5.91 Å². The minimum atomic E-state index is -0.168. The van der Waals surface area contributed by atoms with Crippen LogP contribution < -0.4 is 14.8 Å². The van der Waals surface area contributed by atoms with E-state index in [1.165, 1.54) is 0 Å². The van der Waals surface area contributed by atoms with Gasteiger partial charge < -0.3 is 19.8 Å². The minimum Gasteiger partial charge on any atom is -0.486 e. The molecule has 2 heterocycles. The van der Waals surface area contributed by atoms with Gasteiger partial charge >= 0.3 is 0 Å². The Morgan fingerprint density at radius 1 is 1.04 bits per heavy atom. The number of hydrogen-bond donors (Lipinski definition) is 2. The lowest BCUT2D eigenvalue weighted by Gasteiger charge is -2.19. The number of aryl methyl sites for hydroxylation is 2. The van der Waals surface area contributed by atoms with Gasteiger partial charge in [0.05, 0.1) is 0 Å². The van der Waals surface area contributed by atoms with Crippen molar-refractivity contribution in [1.82, 2.24) is 4.98 Å². The molecule has 122 valence electrons. The number of carbonyl (C=O) groups excluding carboxylic acids is 1. The Hall–Kier alpha value is -2.95. The second-order valence-electron chi connectivity index (χ2n) is 5.99. The van der Waals surface area contributed by atoms with E-state index in [0.29, 0.717) is 36.1 Å². The molecule has 0 saturated heterocycles. The summed E-state index contributed by atoms with van der Waals surface area (Å²) in [5, 5.41) is 3.98. The molecule has 0 spiro atoms.